The van der Waals surface area contributed by atoms with E-state index in [1.54, 1.807) is 6.20 Å². The highest BCUT2D eigenvalue weighted by molar-refractivity contribution is 6.05. The lowest BCUT2D eigenvalue weighted by molar-refractivity contribution is -0.137. The number of likely N-dealkylation sites (N-methyl/N-ethyl adjacent to an activating group) is 1. The number of nitrogens with zero attached hydrogens (tertiary/aromatic N) is 3. The smallest absolute Gasteiger partial charge is 0.246 e. The number of carbonyl (C=O) groups is 2. The average Bonchev–Trinajstić information content (AvgIpc) is 2.72. The lowest BCUT2D eigenvalue weighted by Gasteiger charge is -2.10. The summed E-state index contributed by atoms with van der Waals surface area (Å²) in [6, 6.07) is 7.15. The van der Waals surface area contributed by atoms with E-state index < -0.39 is 6.04 Å². The lowest BCUT2D eigenvalue weighted by Crippen LogP contribution is -2.36. The molecule has 0 bridgehead atoms. The second-order valence-electron chi connectivity index (χ2n) is 4.78. The van der Waals surface area contributed by atoms with Gasteiger partial charge in [-0.15, -0.1) is 0 Å². The summed E-state index contributed by atoms with van der Waals surface area (Å²) in [7, 11) is 1.50. The van der Waals surface area contributed by atoms with E-state index in [9.17, 15) is 9.59 Å². The Balaban J connectivity index is 1.71. The predicted molar refractivity (Wildman–Crippen MR) is 72.6 cm³/mol. The number of nitrogens with one attached hydrogen (secondary N) is 1. The van der Waals surface area contributed by atoms with Crippen LogP contribution in [0.2, 0.25) is 0 Å². The molecular formula is C14H14N4O2. The van der Waals surface area contributed by atoms with E-state index in [1.807, 2.05) is 24.3 Å². The van der Waals surface area contributed by atoms with Gasteiger partial charge in [-0.25, -0.2) is 4.98 Å². The van der Waals surface area contributed by atoms with Gasteiger partial charge in [0.25, 0.3) is 0 Å². The summed E-state index contributed by atoms with van der Waals surface area (Å²) >= 11 is 0. The quantitative estimate of drug-likeness (QED) is 0.821. The minimum Gasteiger partial charge on any atom is -0.300 e. The number of fused-ring (bicyclic) bond motifs is 1. The zero-order valence-corrected chi connectivity index (χ0v) is 11.0. The zero-order chi connectivity index (χ0) is 14.1. The number of likely N-dealkylation sites (tertiary alicyclic amines) is 1. The first-order chi connectivity index (χ1) is 9.65. The van der Waals surface area contributed by atoms with Gasteiger partial charge in [-0.3, -0.25) is 24.8 Å². The van der Waals surface area contributed by atoms with Gasteiger partial charge in [0.05, 0.1) is 35.4 Å². The number of benzene rings is 1. The average molecular weight is 270 g/mol. The van der Waals surface area contributed by atoms with E-state index in [0.717, 1.165) is 21.6 Å². The normalized spacial score (nSPS) is 19.1. The Morgan fingerprint density at radius 3 is 2.75 bits per heavy atom. The van der Waals surface area contributed by atoms with Crippen molar-refractivity contribution in [2.45, 2.75) is 19.0 Å². The van der Waals surface area contributed by atoms with Gasteiger partial charge in [0.15, 0.2) is 0 Å². The number of hydrogen-bond acceptors (Lipinski definition) is 5. The van der Waals surface area contributed by atoms with Gasteiger partial charge in [-0.2, -0.15) is 0 Å². The third-order valence-electron chi connectivity index (χ3n) is 3.41. The largest absolute Gasteiger partial charge is 0.300 e. The van der Waals surface area contributed by atoms with Gasteiger partial charge in [-0.05, 0) is 12.1 Å². The number of amides is 2. The van der Waals surface area contributed by atoms with Gasteiger partial charge in [0.1, 0.15) is 0 Å². The zero-order valence-electron chi connectivity index (χ0n) is 11.0. The highest BCUT2D eigenvalue weighted by atomic mass is 16.2. The molecule has 1 atom stereocenters. The minimum absolute atomic E-state index is 0.155. The first-order valence-corrected chi connectivity index (χ1v) is 6.39. The molecule has 1 aromatic carbocycles. The number of imide groups is 1. The monoisotopic (exact) mass is 270 g/mol. The van der Waals surface area contributed by atoms with Crippen molar-refractivity contribution in [3.05, 3.63) is 36.2 Å². The van der Waals surface area contributed by atoms with Crippen molar-refractivity contribution in [2.75, 3.05) is 7.05 Å². The molecule has 1 fully saturated rings. The first-order valence-electron chi connectivity index (χ1n) is 6.39. The van der Waals surface area contributed by atoms with E-state index in [0.29, 0.717) is 6.54 Å². The van der Waals surface area contributed by atoms with Gasteiger partial charge in [0.2, 0.25) is 11.8 Å². The molecule has 102 valence electrons. The van der Waals surface area contributed by atoms with Crippen molar-refractivity contribution in [2.24, 2.45) is 0 Å². The molecule has 0 radical (unpaired) electrons. The molecule has 1 unspecified atom stereocenters. The second-order valence-corrected chi connectivity index (χ2v) is 4.78. The fourth-order valence-corrected chi connectivity index (χ4v) is 2.22. The van der Waals surface area contributed by atoms with Crippen molar-refractivity contribution in [3.8, 4) is 0 Å². The van der Waals surface area contributed by atoms with Crippen LogP contribution in [0.3, 0.4) is 0 Å². The van der Waals surface area contributed by atoms with E-state index in [-0.39, 0.29) is 18.2 Å². The highest BCUT2D eigenvalue weighted by Crippen LogP contribution is 2.12. The molecule has 2 amide bonds. The highest BCUT2D eigenvalue weighted by Gasteiger charge is 2.35. The molecule has 1 saturated heterocycles. The summed E-state index contributed by atoms with van der Waals surface area (Å²) in [5, 5.41) is 3.06. The maximum atomic E-state index is 11.8. The van der Waals surface area contributed by atoms with Crippen LogP contribution in [-0.4, -0.2) is 39.8 Å². The molecule has 2 aromatic rings. The van der Waals surface area contributed by atoms with Crippen molar-refractivity contribution in [1.82, 2.24) is 20.2 Å². The number of para-hydroxylation sites is 2. The molecule has 1 aromatic heterocycles. The van der Waals surface area contributed by atoms with Crippen molar-refractivity contribution >= 4 is 22.8 Å². The standard InChI is InChI=1S/C14H14N4O2/c1-18-13(19)6-12(14(18)20)16-8-9-7-15-10-4-2-3-5-11(10)17-9/h2-5,7,12,16H,6,8H2,1H3. The van der Waals surface area contributed by atoms with Crippen LogP contribution in [0.25, 0.3) is 11.0 Å². The molecule has 1 aliphatic heterocycles. The van der Waals surface area contributed by atoms with Crippen LogP contribution in [-0.2, 0) is 16.1 Å². The van der Waals surface area contributed by atoms with E-state index in [4.69, 9.17) is 0 Å². The predicted octanol–water partition coefficient (Wildman–Crippen LogP) is 0.477. The molecular weight excluding hydrogens is 256 g/mol. The summed E-state index contributed by atoms with van der Waals surface area (Å²) in [6.45, 7) is 0.412. The molecule has 6 heteroatoms. The van der Waals surface area contributed by atoms with Crippen molar-refractivity contribution < 1.29 is 9.59 Å². The fraction of sp³-hybridized carbons (Fsp3) is 0.286. The summed E-state index contributed by atoms with van der Waals surface area (Å²) < 4.78 is 0. The number of aromatic nitrogens is 2. The summed E-state index contributed by atoms with van der Waals surface area (Å²) in [5.74, 6) is -0.346. The molecule has 0 aliphatic carbocycles. The molecule has 2 heterocycles. The third-order valence-corrected chi connectivity index (χ3v) is 3.41. The van der Waals surface area contributed by atoms with Crippen LogP contribution in [0.5, 0.6) is 0 Å². The SMILES string of the molecule is CN1C(=O)CC(NCc2cnc3ccccc3n2)C1=O. The Labute approximate surface area is 115 Å². The Morgan fingerprint density at radius 1 is 1.30 bits per heavy atom. The summed E-state index contributed by atoms with van der Waals surface area (Å²) in [6.07, 6.45) is 1.89. The minimum atomic E-state index is -0.458. The molecule has 3 rings (SSSR count). The van der Waals surface area contributed by atoms with Crippen LogP contribution in [0.4, 0.5) is 0 Å². The second kappa shape index (κ2) is 4.97. The van der Waals surface area contributed by atoms with E-state index in [1.165, 1.54) is 7.05 Å². The van der Waals surface area contributed by atoms with Gasteiger partial charge < -0.3 is 0 Å². The summed E-state index contributed by atoms with van der Waals surface area (Å²) in [4.78, 5) is 33.1. The van der Waals surface area contributed by atoms with E-state index in [2.05, 4.69) is 15.3 Å². The molecule has 0 spiro atoms. The Morgan fingerprint density at radius 2 is 2.05 bits per heavy atom. The van der Waals surface area contributed by atoms with Crippen LogP contribution < -0.4 is 5.32 Å². The lowest BCUT2D eigenvalue weighted by atomic mass is 10.2. The van der Waals surface area contributed by atoms with Crippen LogP contribution in [0.15, 0.2) is 30.5 Å². The van der Waals surface area contributed by atoms with Gasteiger partial charge in [-0.1, -0.05) is 12.1 Å². The first kappa shape index (κ1) is 12.7. The maximum absolute atomic E-state index is 11.8. The van der Waals surface area contributed by atoms with Crippen LogP contribution in [0.1, 0.15) is 12.1 Å². The fourth-order valence-electron chi connectivity index (χ4n) is 2.22. The van der Waals surface area contributed by atoms with Crippen LogP contribution in [0, 0.1) is 0 Å². The topological polar surface area (TPSA) is 75.2 Å². The van der Waals surface area contributed by atoms with Crippen LogP contribution >= 0.6 is 0 Å². The van der Waals surface area contributed by atoms with Gasteiger partial charge in [0, 0.05) is 13.6 Å². The third kappa shape index (κ3) is 2.25. The Bertz CT molecular complexity index is 686. The molecule has 1 aliphatic rings. The number of hydrogen-bond donors (Lipinski definition) is 1. The molecule has 6 nitrogen and oxygen atoms in total. The molecule has 0 saturated carbocycles. The Kier molecular flexibility index (Phi) is 3.15. The number of rotatable bonds is 3. The number of carbonyl (C=O) groups excluding carboxylic acids is 2. The summed E-state index contributed by atoms with van der Waals surface area (Å²) in [5.41, 5.74) is 2.40. The Hall–Kier alpha value is -2.34. The molecule has 1 N–H and O–H groups in total. The van der Waals surface area contributed by atoms with Crippen molar-refractivity contribution in [3.63, 3.8) is 0 Å². The van der Waals surface area contributed by atoms with Gasteiger partial charge >= 0.3 is 0 Å². The van der Waals surface area contributed by atoms with Crippen molar-refractivity contribution in [1.29, 1.82) is 0 Å². The maximum Gasteiger partial charge on any atom is 0.246 e. The van der Waals surface area contributed by atoms with E-state index >= 15 is 0 Å². The molecule has 20 heavy (non-hydrogen) atoms.